The van der Waals surface area contributed by atoms with Crippen LogP contribution in [0.4, 0.5) is 4.79 Å². The highest BCUT2D eigenvalue weighted by Crippen LogP contribution is 2.44. The second-order valence-electron chi connectivity index (χ2n) is 7.47. The summed E-state index contributed by atoms with van der Waals surface area (Å²) in [5.74, 6) is -1.90. The Hall–Kier alpha value is -3.39. The second kappa shape index (κ2) is 11.3. The number of rotatable bonds is 11. The molecule has 0 heterocycles. The van der Waals surface area contributed by atoms with E-state index < -0.39 is 24.0 Å². The zero-order valence-corrected chi connectivity index (χ0v) is 18.0. The molecule has 0 saturated carbocycles. The van der Waals surface area contributed by atoms with Crippen LogP contribution in [0.5, 0.6) is 0 Å². The number of alkyl carbamates (subject to hydrolysis) is 1. The van der Waals surface area contributed by atoms with Crippen LogP contribution in [0.1, 0.15) is 36.8 Å². The van der Waals surface area contributed by atoms with E-state index in [0.29, 0.717) is 26.2 Å². The summed E-state index contributed by atoms with van der Waals surface area (Å²) >= 11 is 0. The molecule has 0 aliphatic heterocycles. The van der Waals surface area contributed by atoms with Crippen LogP contribution >= 0.6 is 0 Å². The van der Waals surface area contributed by atoms with E-state index in [0.717, 1.165) is 22.3 Å². The van der Waals surface area contributed by atoms with E-state index in [4.69, 9.17) is 9.47 Å². The molecule has 0 saturated heterocycles. The summed E-state index contributed by atoms with van der Waals surface area (Å²) < 4.78 is 10.5. The molecule has 1 unspecified atom stereocenters. The van der Waals surface area contributed by atoms with Gasteiger partial charge in [-0.2, -0.15) is 0 Å². The Morgan fingerprint density at radius 1 is 1.03 bits per heavy atom. The molecular weight excluding hydrogens is 412 g/mol. The Labute approximate surface area is 186 Å². The highest BCUT2D eigenvalue weighted by atomic mass is 16.5. The first-order chi connectivity index (χ1) is 15.5. The minimum Gasteiger partial charge on any atom is -0.480 e. The number of carboxylic acids is 1. The lowest BCUT2D eigenvalue weighted by atomic mass is 9.98. The van der Waals surface area contributed by atoms with Gasteiger partial charge in [0.25, 0.3) is 0 Å². The van der Waals surface area contributed by atoms with Crippen molar-refractivity contribution in [1.29, 1.82) is 0 Å². The molecule has 0 fully saturated rings. The Morgan fingerprint density at radius 3 is 2.25 bits per heavy atom. The van der Waals surface area contributed by atoms with E-state index in [9.17, 15) is 19.5 Å². The maximum atomic E-state index is 12.3. The summed E-state index contributed by atoms with van der Waals surface area (Å²) in [6, 6.07) is 14.5. The predicted molar refractivity (Wildman–Crippen MR) is 118 cm³/mol. The van der Waals surface area contributed by atoms with Crippen molar-refractivity contribution in [3.63, 3.8) is 0 Å². The van der Waals surface area contributed by atoms with Crippen molar-refractivity contribution in [2.75, 3.05) is 26.4 Å². The maximum absolute atomic E-state index is 12.3. The SMILES string of the molecule is CCOCCCNC(=O)CC(NC(=O)OCC1c2ccccc2-c2ccccc21)C(=O)O. The maximum Gasteiger partial charge on any atom is 0.407 e. The molecule has 2 aromatic carbocycles. The highest BCUT2D eigenvalue weighted by molar-refractivity contribution is 5.87. The van der Waals surface area contributed by atoms with Crippen LogP contribution in [-0.2, 0) is 19.1 Å². The fourth-order valence-corrected chi connectivity index (χ4v) is 3.79. The normalized spacial score (nSPS) is 13.0. The summed E-state index contributed by atoms with van der Waals surface area (Å²) in [6.07, 6.45) is -0.630. The van der Waals surface area contributed by atoms with Crippen molar-refractivity contribution in [3.8, 4) is 11.1 Å². The van der Waals surface area contributed by atoms with E-state index in [-0.39, 0.29) is 18.9 Å². The lowest BCUT2D eigenvalue weighted by molar-refractivity contribution is -0.141. The summed E-state index contributed by atoms with van der Waals surface area (Å²) in [5.41, 5.74) is 4.31. The number of hydrogen-bond donors (Lipinski definition) is 3. The number of aliphatic carboxylic acids is 1. The zero-order chi connectivity index (χ0) is 22.9. The van der Waals surface area contributed by atoms with Crippen molar-refractivity contribution in [2.24, 2.45) is 0 Å². The zero-order valence-electron chi connectivity index (χ0n) is 18.0. The van der Waals surface area contributed by atoms with Gasteiger partial charge < -0.3 is 25.2 Å². The van der Waals surface area contributed by atoms with Crippen LogP contribution in [0.3, 0.4) is 0 Å². The Kier molecular flexibility index (Phi) is 8.21. The minimum atomic E-state index is -1.38. The summed E-state index contributed by atoms with van der Waals surface area (Å²) in [5, 5.41) is 14.3. The van der Waals surface area contributed by atoms with Crippen LogP contribution in [0.2, 0.25) is 0 Å². The molecule has 3 N–H and O–H groups in total. The van der Waals surface area contributed by atoms with Crippen LogP contribution in [-0.4, -0.2) is 55.5 Å². The smallest absolute Gasteiger partial charge is 0.407 e. The summed E-state index contributed by atoms with van der Waals surface area (Å²) in [7, 11) is 0. The number of amides is 2. The quantitative estimate of drug-likeness (QED) is 0.463. The van der Waals surface area contributed by atoms with E-state index in [1.54, 1.807) is 0 Å². The fraction of sp³-hybridized carbons (Fsp3) is 0.375. The number of benzene rings is 2. The van der Waals surface area contributed by atoms with Gasteiger partial charge in [-0.15, -0.1) is 0 Å². The van der Waals surface area contributed by atoms with E-state index in [2.05, 4.69) is 10.6 Å². The third-order valence-electron chi connectivity index (χ3n) is 5.32. The first-order valence-electron chi connectivity index (χ1n) is 10.7. The van der Waals surface area contributed by atoms with Gasteiger partial charge >= 0.3 is 12.1 Å². The predicted octanol–water partition coefficient (Wildman–Crippen LogP) is 2.91. The van der Waals surface area contributed by atoms with Crippen molar-refractivity contribution >= 4 is 18.0 Å². The van der Waals surface area contributed by atoms with Crippen molar-refractivity contribution in [1.82, 2.24) is 10.6 Å². The average molecular weight is 440 g/mol. The number of carbonyl (C=O) groups is 3. The van der Waals surface area contributed by atoms with E-state index >= 15 is 0 Å². The number of nitrogens with one attached hydrogen (secondary N) is 2. The molecule has 0 radical (unpaired) electrons. The van der Waals surface area contributed by atoms with Gasteiger partial charge in [-0.25, -0.2) is 9.59 Å². The molecule has 0 bridgehead atoms. The molecule has 1 atom stereocenters. The van der Waals surface area contributed by atoms with E-state index in [1.807, 2.05) is 55.5 Å². The molecule has 32 heavy (non-hydrogen) atoms. The molecule has 3 rings (SSSR count). The molecule has 2 amide bonds. The highest BCUT2D eigenvalue weighted by Gasteiger charge is 2.30. The Bertz CT molecular complexity index is 916. The molecule has 170 valence electrons. The fourth-order valence-electron chi connectivity index (χ4n) is 3.79. The third kappa shape index (κ3) is 5.85. The molecule has 1 aliphatic rings. The molecule has 0 aromatic heterocycles. The van der Waals surface area contributed by atoms with Gasteiger partial charge in [0, 0.05) is 25.7 Å². The van der Waals surface area contributed by atoms with Gasteiger partial charge in [0.1, 0.15) is 12.6 Å². The summed E-state index contributed by atoms with van der Waals surface area (Å²) in [6.45, 7) is 3.42. The minimum absolute atomic E-state index is 0.0653. The second-order valence-corrected chi connectivity index (χ2v) is 7.47. The first-order valence-corrected chi connectivity index (χ1v) is 10.7. The number of hydrogen-bond acceptors (Lipinski definition) is 5. The van der Waals surface area contributed by atoms with E-state index in [1.165, 1.54) is 0 Å². The van der Waals surface area contributed by atoms with Gasteiger partial charge in [-0.05, 0) is 35.6 Å². The largest absolute Gasteiger partial charge is 0.480 e. The molecule has 2 aromatic rings. The van der Waals surface area contributed by atoms with Gasteiger partial charge in [-0.3, -0.25) is 4.79 Å². The van der Waals surface area contributed by atoms with Gasteiger partial charge in [0.2, 0.25) is 5.91 Å². The van der Waals surface area contributed by atoms with Gasteiger partial charge in [0.05, 0.1) is 6.42 Å². The van der Waals surface area contributed by atoms with Gasteiger partial charge in [-0.1, -0.05) is 48.5 Å². The molecule has 8 nitrogen and oxygen atoms in total. The summed E-state index contributed by atoms with van der Waals surface area (Å²) in [4.78, 5) is 35.8. The van der Waals surface area contributed by atoms with Crippen LogP contribution < -0.4 is 10.6 Å². The van der Waals surface area contributed by atoms with Gasteiger partial charge in [0.15, 0.2) is 0 Å². The average Bonchev–Trinajstić information content (AvgIpc) is 3.11. The van der Waals surface area contributed by atoms with Crippen molar-refractivity contribution < 1.29 is 29.0 Å². The lowest BCUT2D eigenvalue weighted by Gasteiger charge is -2.17. The molecular formula is C24H28N2O6. The Morgan fingerprint density at radius 2 is 1.66 bits per heavy atom. The number of fused-ring (bicyclic) bond motifs is 3. The van der Waals surface area contributed by atoms with Crippen LogP contribution in [0, 0.1) is 0 Å². The van der Waals surface area contributed by atoms with Crippen molar-refractivity contribution in [2.45, 2.75) is 31.7 Å². The first kappa shape index (κ1) is 23.3. The lowest BCUT2D eigenvalue weighted by Crippen LogP contribution is -2.44. The number of ether oxygens (including phenoxy) is 2. The van der Waals surface area contributed by atoms with Crippen LogP contribution in [0.15, 0.2) is 48.5 Å². The van der Waals surface area contributed by atoms with Crippen LogP contribution in [0.25, 0.3) is 11.1 Å². The number of carbonyl (C=O) groups excluding carboxylic acids is 2. The standard InChI is InChI=1S/C24H28N2O6/c1-2-31-13-7-12-25-22(27)14-21(23(28)29)26-24(30)32-15-20-18-10-5-3-8-16(18)17-9-4-6-11-19(17)20/h3-6,8-11,20-21H,2,7,12-15H2,1H3,(H,25,27)(H,26,30)(H,28,29). The third-order valence-corrected chi connectivity index (χ3v) is 5.32. The topological polar surface area (TPSA) is 114 Å². The molecule has 8 heteroatoms. The molecule has 1 aliphatic carbocycles. The number of carboxylic acid groups (broad SMARTS) is 1. The monoisotopic (exact) mass is 440 g/mol. The molecule has 0 spiro atoms. The Balaban J connectivity index is 1.53. The van der Waals surface area contributed by atoms with Crippen molar-refractivity contribution in [3.05, 3.63) is 59.7 Å².